The molecule has 8 heteroatoms. The Hall–Kier alpha value is -4.69. The van der Waals surface area contributed by atoms with Gasteiger partial charge in [0.15, 0.2) is 11.3 Å². The van der Waals surface area contributed by atoms with Gasteiger partial charge in [0.05, 0.1) is 30.2 Å². The fourth-order valence-corrected chi connectivity index (χ4v) is 5.56. The number of ether oxygens (including phenoxy) is 3. The number of nitrogens with one attached hydrogen (secondary N) is 1. The van der Waals surface area contributed by atoms with Crippen molar-refractivity contribution in [2.24, 2.45) is 0 Å². The minimum absolute atomic E-state index is 0.0734. The SMILES string of the molecule is Cc1cc(OCCOCc2ccccc2)c2oc3cc(Oc4ccc(CCC(=O)NC5CCCC5)nc4)ccc3c(=O)c2c1. The normalized spacial score (nSPS) is 13.4. The Bertz CT molecular complexity index is 1790. The highest BCUT2D eigenvalue weighted by atomic mass is 16.5. The molecule has 0 saturated heterocycles. The van der Waals surface area contributed by atoms with Crippen LogP contribution in [0, 0.1) is 6.92 Å². The third-order valence-electron chi connectivity index (χ3n) is 7.81. The number of carbonyl (C=O) groups excluding carboxylic acids is 1. The number of aryl methyl sites for hydroxylation is 2. The van der Waals surface area contributed by atoms with Gasteiger partial charge >= 0.3 is 0 Å². The molecule has 3 aromatic carbocycles. The summed E-state index contributed by atoms with van der Waals surface area (Å²) in [5.41, 5.74) is 3.46. The van der Waals surface area contributed by atoms with Crippen molar-refractivity contribution in [3.8, 4) is 17.2 Å². The zero-order valence-electron chi connectivity index (χ0n) is 24.8. The number of pyridine rings is 1. The molecule has 6 rings (SSSR count). The summed E-state index contributed by atoms with van der Waals surface area (Å²) in [4.78, 5) is 30.1. The average molecular weight is 593 g/mol. The third kappa shape index (κ3) is 7.26. The number of hydrogen-bond donors (Lipinski definition) is 1. The summed E-state index contributed by atoms with van der Waals surface area (Å²) in [6.45, 7) is 3.12. The number of aromatic nitrogens is 1. The van der Waals surface area contributed by atoms with Gasteiger partial charge < -0.3 is 23.9 Å². The highest BCUT2D eigenvalue weighted by Gasteiger charge is 2.17. The maximum atomic E-state index is 13.4. The van der Waals surface area contributed by atoms with Crippen molar-refractivity contribution in [3.63, 3.8) is 0 Å². The maximum Gasteiger partial charge on any atom is 0.220 e. The molecule has 226 valence electrons. The first-order valence-electron chi connectivity index (χ1n) is 15.2. The lowest BCUT2D eigenvalue weighted by atomic mass is 10.1. The van der Waals surface area contributed by atoms with Crippen LogP contribution in [0.4, 0.5) is 0 Å². The molecule has 1 N–H and O–H groups in total. The quantitative estimate of drug-likeness (QED) is 0.123. The molecule has 0 unspecified atom stereocenters. The van der Waals surface area contributed by atoms with E-state index in [1.807, 2.05) is 61.5 Å². The molecule has 8 nitrogen and oxygen atoms in total. The van der Waals surface area contributed by atoms with Crippen LogP contribution in [0.2, 0.25) is 0 Å². The summed E-state index contributed by atoms with van der Waals surface area (Å²) in [6, 6.07) is 22.8. The van der Waals surface area contributed by atoms with Crippen LogP contribution in [-0.2, 0) is 22.6 Å². The van der Waals surface area contributed by atoms with Gasteiger partial charge in [-0.3, -0.25) is 14.6 Å². The second-order valence-electron chi connectivity index (χ2n) is 11.3. The molecular weight excluding hydrogens is 556 g/mol. The Morgan fingerprint density at radius 3 is 2.57 bits per heavy atom. The van der Waals surface area contributed by atoms with Crippen molar-refractivity contribution < 1.29 is 23.4 Å². The third-order valence-corrected chi connectivity index (χ3v) is 7.81. The number of amides is 1. The topological polar surface area (TPSA) is 99.9 Å². The predicted octanol–water partition coefficient (Wildman–Crippen LogP) is 7.03. The molecule has 2 heterocycles. The Kier molecular flexibility index (Phi) is 9.17. The van der Waals surface area contributed by atoms with E-state index in [4.69, 9.17) is 18.6 Å². The van der Waals surface area contributed by atoms with Gasteiger partial charge in [-0.2, -0.15) is 0 Å². The van der Waals surface area contributed by atoms with E-state index in [2.05, 4.69) is 10.3 Å². The van der Waals surface area contributed by atoms with Crippen LogP contribution in [0.25, 0.3) is 21.9 Å². The highest BCUT2D eigenvalue weighted by molar-refractivity contribution is 5.93. The standard InChI is InChI=1S/C36H36N2O6/c1-24-19-31-35(40)30-15-14-28(43-29-13-11-26(37-22-29)12-16-34(39)38-27-9-5-6-10-27)21-32(30)44-36(31)33(20-24)42-18-17-41-23-25-7-3-2-4-8-25/h2-4,7-8,11,13-15,19-22,27H,5-6,9-10,12,16-18,23H2,1H3,(H,38,39). The first-order valence-corrected chi connectivity index (χ1v) is 15.2. The Balaban J connectivity index is 1.11. The number of rotatable bonds is 12. The molecule has 0 bridgehead atoms. The van der Waals surface area contributed by atoms with Gasteiger partial charge in [-0.05, 0) is 73.7 Å². The molecule has 5 aromatic rings. The van der Waals surface area contributed by atoms with E-state index in [0.29, 0.717) is 77.9 Å². The predicted molar refractivity (Wildman–Crippen MR) is 169 cm³/mol. The van der Waals surface area contributed by atoms with Crippen LogP contribution in [-0.4, -0.2) is 30.1 Å². The summed E-state index contributed by atoms with van der Waals surface area (Å²) in [5.74, 6) is 1.62. The fraction of sp³-hybridized carbons (Fsp3) is 0.306. The van der Waals surface area contributed by atoms with E-state index in [-0.39, 0.29) is 11.3 Å². The van der Waals surface area contributed by atoms with Crippen LogP contribution in [0.1, 0.15) is 48.9 Å². The number of nitrogens with zero attached hydrogens (tertiary/aromatic N) is 1. The molecule has 44 heavy (non-hydrogen) atoms. The lowest BCUT2D eigenvalue weighted by molar-refractivity contribution is -0.121. The Morgan fingerprint density at radius 2 is 1.77 bits per heavy atom. The van der Waals surface area contributed by atoms with Crippen molar-refractivity contribution in [2.75, 3.05) is 13.2 Å². The first-order chi connectivity index (χ1) is 21.5. The fourth-order valence-electron chi connectivity index (χ4n) is 5.56. The van der Waals surface area contributed by atoms with Gasteiger partial charge in [0.2, 0.25) is 11.3 Å². The molecule has 1 saturated carbocycles. The molecular formula is C36H36N2O6. The van der Waals surface area contributed by atoms with Crippen molar-refractivity contribution >= 4 is 27.8 Å². The van der Waals surface area contributed by atoms with Crippen molar-refractivity contribution in [3.05, 3.63) is 106 Å². The lowest BCUT2D eigenvalue weighted by Gasteiger charge is -2.12. The smallest absolute Gasteiger partial charge is 0.220 e. The molecule has 1 aliphatic carbocycles. The van der Waals surface area contributed by atoms with Gasteiger partial charge in [0.25, 0.3) is 0 Å². The van der Waals surface area contributed by atoms with Crippen molar-refractivity contribution in [1.29, 1.82) is 0 Å². The lowest BCUT2D eigenvalue weighted by Crippen LogP contribution is -2.32. The van der Waals surface area contributed by atoms with Crippen molar-refractivity contribution in [1.82, 2.24) is 10.3 Å². The van der Waals surface area contributed by atoms with E-state index in [1.54, 1.807) is 24.4 Å². The number of carbonyl (C=O) groups is 1. The molecule has 0 aliphatic heterocycles. The van der Waals surface area contributed by atoms with Gasteiger partial charge in [-0.25, -0.2) is 0 Å². The molecule has 0 atom stereocenters. The first kappa shape index (κ1) is 29.4. The summed E-state index contributed by atoms with van der Waals surface area (Å²) in [7, 11) is 0. The Morgan fingerprint density at radius 1 is 0.955 bits per heavy atom. The minimum atomic E-state index is -0.135. The van der Waals surface area contributed by atoms with Gasteiger partial charge in [0.1, 0.15) is 23.7 Å². The molecule has 1 fully saturated rings. The van der Waals surface area contributed by atoms with E-state index in [9.17, 15) is 9.59 Å². The summed E-state index contributed by atoms with van der Waals surface area (Å²) in [5, 5.41) is 4.03. The highest BCUT2D eigenvalue weighted by Crippen LogP contribution is 2.31. The Labute approximate surface area is 256 Å². The number of benzene rings is 3. The number of fused-ring (bicyclic) bond motifs is 2. The monoisotopic (exact) mass is 592 g/mol. The second-order valence-corrected chi connectivity index (χ2v) is 11.3. The van der Waals surface area contributed by atoms with E-state index < -0.39 is 0 Å². The van der Waals surface area contributed by atoms with Gasteiger partial charge in [-0.15, -0.1) is 0 Å². The van der Waals surface area contributed by atoms with Gasteiger partial charge in [-0.1, -0.05) is 43.2 Å². The summed E-state index contributed by atoms with van der Waals surface area (Å²) < 4.78 is 24.0. The van der Waals surface area contributed by atoms with Crippen LogP contribution in [0.15, 0.2) is 88.2 Å². The van der Waals surface area contributed by atoms with Crippen LogP contribution >= 0.6 is 0 Å². The zero-order valence-corrected chi connectivity index (χ0v) is 24.8. The van der Waals surface area contributed by atoms with Gasteiger partial charge in [0, 0.05) is 24.2 Å². The van der Waals surface area contributed by atoms with E-state index in [0.717, 1.165) is 29.7 Å². The summed E-state index contributed by atoms with van der Waals surface area (Å²) in [6.07, 6.45) is 7.14. The summed E-state index contributed by atoms with van der Waals surface area (Å²) >= 11 is 0. The molecule has 2 aromatic heterocycles. The molecule has 0 radical (unpaired) electrons. The maximum absolute atomic E-state index is 13.4. The van der Waals surface area contributed by atoms with Crippen LogP contribution in [0.3, 0.4) is 0 Å². The molecule has 1 aliphatic rings. The average Bonchev–Trinajstić information content (AvgIpc) is 3.54. The second kappa shape index (κ2) is 13.7. The number of hydrogen-bond acceptors (Lipinski definition) is 7. The zero-order chi connectivity index (χ0) is 30.3. The van der Waals surface area contributed by atoms with Crippen LogP contribution < -0.4 is 20.2 Å². The minimum Gasteiger partial charge on any atom is -0.487 e. The largest absolute Gasteiger partial charge is 0.487 e. The molecule has 1 amide bonds. The molecule has 0 spiro atoms. The van der Waals surface area contributed by atoms with E-state index >= 15 is 0 Å². The van der Waals surface area contributed by atoms with Crippen LogP contribution in [0.5, 0.6) is 17.2 Å². The van der Waals surface area contributed by atoms with E-state index in [1.165, 1.54) is 12.8 Å². The van der Waals surface area contributed by atoms with Crippen molar-refractivity contribution in [2.45, 2.75) is 58.1 Å².